The van der Waals surface area contributed by atoms with E-state index in [-0.39, 0.29) is 19.6 Å². The van der Waals surface area contributed by atoms with Crippen LogP contribution in [0, 0.1) is 20.2 Å². The Morgan fingerprint density at radius 2 is 1.71 bits per heavy atom. The fourth-order valence-corrected chi connectivity index (χ4v) is 1.80. The third-order valence-electron chi connectivity index (χ3n) is 2.88. The molecule has 0 aliphatic heterocycles. The number of carbonyl (C=O) groups excluding carboxylic acids is 1. The zero-order valence-electron chi connectivity index (χ0n) is 11.7. The molecule has 1 aromatic carbocycles. The van der Waals surface area contributed by atoms with Crippen LogP contribution in [0.2, 0.25) is 0 Å². The first-order chi connectivity index (χ1) is 11.0. The molecular weight excluding hydrogens is 318 g/mol. The van der Waals surface area contributed by atoms with Crippen molar-refractivity contribution >= 4 is 17.3 Å². The lowest BCUT2D eigenvalue weighted by atomic mass is 10.2. The number of hydrogen-bond acceptors (Lipinski definition) is 7. The molecular formula is C15H15N3O6. The van der Waals surface area contributed by atoms with E-state index in [1.807, 2.05) is 0 Å². The Bertz CT molecular complexity index is 716. The molecule has 0 fully saturated rings. The van der Waals surface area contributed by atoms with Crippen LogP contribution in [0.15, 0.2) is 42.6 Å². The van der Waals surface area contributed by atoms with Crippen molar-refractivity contribution in [2.45, 2.75) is 13.8 Å². The number of nitrogens with zero attached hydrogens (tertiary/aromatic N) is 3. The molecule has 0 saturated carbocycles. The summed E-state index contributed by atoms with van der Waals surface area (Å²) >= 11 is 0. The van der Waals surface area contributed by atoms with Gasteiger partial charge in [0.1, 0.15) is 0 Å². The number of esters is 1. The van der Waals surface area contributed by atoms with Gasteiger partial charge in [0.15, 0.2) is 0 Å². The number of hydrogen-bond donors (Lipinski definition) is 0. The SMILES string of the molecule is C.O=C(OCCc1ccccn1)c1cc([N+](=O)[O-])cc([N+](=O)[O-])c1. The van der Waals surface area contributed by atoms with E-state index in [4.69, 9.17) is 4.74 Å². The molecule has 0 aliphatic rings. The van der Waals surface area contributed by atoms with E-state index in [1.54, 1.807) is 24.4 Å². The van der Waals surface area contributed by atoms with Crippen molar-refractivity contribution in [2.75, 3.05) is 6.61 Å². The number of benzene rings is 1. The summed E-state index contributed by atoms with van der Waals surface area (Å²) in [6, 6.07) is 7.95. The highest BCUT2D eigenvalue weighted by molar-refractivity contribution is 5.91. The van der Waals surface area contributed by atoms with Crippen molar-refractivity contribution in [3.05, 3.63) is 74.1 Å². The highest BCUT2D eigenvalue weighted by Gasteiger charge is 2.20. The molecule has 2 aromatic rings. The first kappa shape index (κ1) is 18.7. The highest BCUT2D eigenvalue weighted by Crippen LogP contribution is 2.23. The van der Waals surface area contributed by atoms with Crippen molar-refractivity contribution in [1.82, 2.24) is 4.98 Å². The topological polar surface area (TPSA) is 125 Å². The molecule has 0 spiro atoms. The molecule has 0 N–H and O–H groups in total. The molecule has 0 unspecified atom stereocenters. The number of carbonyl (C=O) groups is 1. The monoisotopic (exact) mass is 333 g/mol. The van der Waals surface area contributed by atoms with Crippen molar-refractivity contribution in [3.8, 4) is 0 Å². The number of aromatic nitrogens is 1. The Morgan fingerprint density at radius 3 is 2.21 bits per heavy atom. The standard InChI is InChI=1S/C14H11N3O6.CH4/c18-14(23-6-4-11-3-1-2-5-15-11)10-7-12(16(19)20)9-13(8-10)17(21)22;/h1-3,5,7-9H,4,6H2;1H4. The summed E-state index contributed by atoms with van der Waals surface area (Å²) in [5.74, 6) is -0.868. The van der Waals surface area contributed by atoms with Crippen molar-refractivity contribution < 1.29 is 19.4 Å². The van der Waals surface area contributed by atoms with Gasteiger partial charge in [0, 0.05) is 30.4 Å². The third-order valence-corrected chi connectivity index (χ3v) is 2.88. The second kappa shape index (κ2) is 8.32. The van der Waals surface area contributed by atoms with Gasteiger partial charge in [-0.05, 0) is 12.1 Å². The number of pyridine rings is 1. The molecule has 0 bridgehead atoms. The van der Waals surface area contributed by atoms with Crippen LogP contribution in [0.25, 0.3) is 0 Å². The van der Waals surface area contributed by atoms with E-state index in [0.29, 0.717) is 12.1 Å². The van der Waals surface area contributed by atoms with E-state index in [1.165, 1.54) is 0 Å². The predicted molar refractivity (Wildman–Crippen MR) is 84.7 cm³/mol. The van der Waals surface area contributed by atoms with Gasteiger partial charge in [0.25, 0.3) is 11.4 Å². The molecule has 0 atom stereocenters. The van der Waals surface area contributed by atoms with Crippen LogP contribution in [0.3, 0.4) is 0 Å². The minimum Gasteiger partial charge on any atom is -0.462 e. The number of nitro groups is 2. The maximum Gasteiger partial charge on any atom is 0.338 e. The van der Waals surface area contributed by atoms with Gasteiger partial charge in [0.05, 0.1) is 28.1 Å². The Hall–Kier alpha value is -3.36. The van der Waals surface area contributed by atoms with Gasteiger partial charge in [0.2, 0.25) is 0 Å². The quantitative estimate of drug-likeness (QED) is 0.452. The predicted octanol–water partition coefficient (Wildman–Crippen LogP) is 2.93. The molecule has 1 heterocycles. The minimum absolute atomic E-state index is 0. The molecule has 0 amide bonds. The zero-order chi connectivity index (χ0) is 16.8. The summed E-state index contributed by atoms with van der Waals surface area (Å²) in [7, 11) is 0. The average molecular weight is 333 g/mol. The first-order valence-electron chi connectivity index (χ1n) is 6.48. The van der Waals surface area contributed by atoms with Crippen LogP contribution in [0.1, 0.15) is 23.5 Å². The van der Waals surface area contributed by atoms with Crippen molar-refractivity contribution in [3.63, 3.8) is 0 Å². The van der Waals surface area contributed by atoms with Gasteiger partial charge in [-0.25, -0.2) is 4.79 Å². The van der Waals surface area contributed by atoms with Crippen LogP contribution >= 0.6 is 0 Å². The van der Waals surface area contributed by atoms with Crippen molar-refractivity contribution in [2.24, 2.45) is 0 Å². The largest absolute Gasteiger partial charge is 0.462 e. The second-order valence-corrected chi connectivity index (χ2v) is 4.46. The Labute approximate surface area is 137 Å². The molecule has 9 heteroatoms. The van der Waals surface area contributed by atoms with E-state index in [2.05, 4.69) is 4.98 Å². The highest BCUT2D eigenvalue weighted by atomic mass is 16.6. The Kier molecular flexibility index (Phi) is 6.48. The molecule has 0 radical (unpaired) electrons. The fourth-order valence-electron chi connectivity index (χ4n) is 1.80. The lowest BCUT2D eigenvalue weighted by molar-refractivity contribution is -0.394. The van der Waals surface area contributed by atoms with E-state index in [0.717, 1.165) is 18.2 Å². The van der Waals surface area contributed by atoms with Gasteiger partial charge in [-0.2, -0.15) is 0 Å². The maximum atomic E-state index is 11.9. The number of rotatable bonds is 6. The van der Waals surface area contributed by atoms with Gasteiger partial charge in [-0.1, -0.05) is 13.5 Å². The zero-order valence-corrected chi connectivity index (χ0v) is 11.7. The van der Waals surface area contributed by atoms with Gasteiger partial charge >= 0.3 is 5.97 Å². The van der Waals surface area contributed by atoms with E-state index < -0.39 is 27.2 Å². The normalized spacial score (nSPS) is 9.67. The van der Waals surface area contributed by atoms with Gasteiger partial charge in [-0.15, -0.1) is 0 Å². The lowest BCUT2D eigenvalue weighted by Crippen LogP contribution is -2.09. The van der Waals surface area contributed by atoms with E-state index in [9.17, 15) is 25.0 Å². The molecule has 1 aromatic heterocycles. The summed E-state index contributed by atoms with van der Waals surface area (Å²) in [5.41, 5.74) is -0.621. The number of nitro benzene ring substituents is 2. The summed E-state index contributed by atoms with van der Waals surface area (Å²) in [6.45, 7) is 0.00629. The Balaban J connectivity index is 0.00000288. The smallest absolute Gasteiger partial charge is 0.338 e. The maximum absolute atomic E-state index is 11.9. The molecule has 24 heavy (non-hydrogen) atoms. The number of non-ortho nitro benzene ring substituents is 2. The van der Waals surface area contributed by atoms with Gasteiger partial charge < -0.3 is 4.74 Å². The van der Waals surface area contributed by atoms with Crippen LogP contribution in [-0.4, -0.2) is 27.4 Å². The Morgan fingerprint density at radius 1 is 1.08 bits per heavy atom. The van der Waals surface area contributed by atoms with Crippen molar-refractivity contribution in [1.29, 1.82) is 0 Å². The molecule has 0 saturated heterocycles. The van der Waals surface area contributed by atoms with Crippen LogP contribution in [0.5, 0.6) is 0 Å². The van der Waals surface area contributed by atoms with Crippen LogP contribution in [0.4, 0.5) is 11.4 Å². The lowest BCUT2D eigenvalue weighted by Gasteiger charge is -2.05. The first-order valence-corrected chi connectivity index (χ1v) is 6.48. The van der Waals surface area contributed by atoms with Gasteiger partial charge in [-0.3, -0.25) is 25.2 Å². The number of ether oxygens (including phenoxy) is 1. The molecule has 126 valence electrons. The summed E-state index contributed by atoms with van der Waals surface area (Å²) in [6.07, 6.45) is 1.96. The molecule has 9 nitrogen and oxygen atoms in total. The summed E-state index contributed by atoms with van der Waals surface area (Å²) in [4.78, 5) is 35.9. The average Bonchev–Trinajstić information content (AvgIpc) is 2.55. The van der Waals surface area contributed by atoms with E-state index >= 15 is 0 Å². The van der Waals surface area contributed by atoms with Crippen LogP contribution < -0.4 is 0 Å². The summed E-state index contributed by atoms with van der Waals surface area (Å²) < 4.78 is 4.98. The second-order valence-electron chi connectivity index (χ2n) is 4.46. The molecule has 2 rings (SSSR count). The minimum atomic E-state index is -0.868. The van der Waals surface area contributed by atoms with Crippen LogP contribution in [-0.2, 0) is 11.2 Å². The fraction of sp³-hybridized carbons (Fsp3) is 0.200. The summed E-state index contributed by atoms with van der Waals surface area (Å²) in [5, 5.41) is 21.5. The third kappa shape index (κ3) is 4.83. The molecule has 0 aliphatic carbocycles.